The molecule has 0 radical (unpaired) electrons. The van der Waals surface area contributed by atoms with Gasteiger partial charge in [-0.05, 0) is 26.5 Å². The third-order valence-electron chi connectivity index (χ3n) is 3.06. The van der Waals surface area contributed by atoms with Crippen LogP contribution in [0.1, 0.15) is 24.1 Å². The third-order valence-corrected chi connectivity index (χ3v) is 3.06. The zero-order chi connectivity index (χ0) is 12.4. The number of rotatable bonds is 4. The lowest BCUT2D eigenvalue weighted by atomic mass is 10.0. The quantitative estimate of drug-likeness (QED) is 0.881. The maximum absolute atomic E-state index is 5.54. The summed E-state index contributed by atoms with van der Waals surface area (Å²) < 4.78 is 7.45. The molecule has 0 unspecified atom stereocenters. The molecule has 4 nitrogen and oxygen atoms in total. The van der Waals surface area contributed by atoms with E-state index in [1.54, 1.807) is 6.26 Å². The van der Waals surface area contributed by atoms with Crippen LogP contribution in [-0.4, -0.2) is 16.3 Å². The molecule has 92 valence electrons. The van der Waals surface area contributed by atoms with Crippen LogP contribution in [0.5, 0.6) is 0 Å². The fourth-order valence-corrected chi connectivity index (χ4v) is 2.10. The van der Waals surface area contributed by atoms with Crippen LogP contribution in [0.2, 0.25) is 0 Å². The van der Waals surface area contributed by atoms with Crippen molar-refractivity contribution in [2.45, 2.75) is 27.3 Å². The van der Waals surface area contributed by atoms with Gasteiger partial charge in [0, 0.05) is 23.9 Å². The summed E-state index contributed by atoms with van der Waals surface area (Å²) in [5.41, 5.74) is 4.55. The number of furan rings is 1. The molecule has 2 aromatic rings. The first-order valence-corrected chi connectivity index (χ1v) is 5.92. The van der Waals surface area contributed by atoms with Gasteiger partial charge in [-0.3, -0.25) is 4.68 Å². The van der Waals surface area contributed by atoms with Crippen LogP contribution in [0.3, 0.4) is 0 Å². The molecule has 0 spiro atoms. The lowest BCUT2D eigenvalue weighted by molar-refractivity contribution is 0.489. The molecule has 1 N–H and O–H groups in total. The second kappa shape index (κ2) is 4.75. The van der Waals surface area contributed by atoms with Crippen LogP contribution < -0.4 is 5.32 Å². The Bertz CT molecular complexity index is 511. The van der Waals surface area contributed by atoms with Crippen molar-refractivity contribution in [2.24, 2.45) is 7.05 Å². The second-order valence-corrected chi connectivity index (χ2v) is 4.21. The molecule has 0 fully saturated rings. The summed E-state index contributed by atoms with van der Waals surface area (Å²) in [6.45, 7) is 7.90. The molecule has 0 aliphatic heterocycles. The minimum Gasteiger partial charge on any atom is -0.467 e. The number of nitrogens with one attached hydrogen (secondary N) is 1. The smallest absolute Gasteiger partial charge is 0.125 e. The van der Waals surface area contributed by atoms with Crippen molar-refractivity contribution in [1.29, 1.82) is 0 Å². The third kappa shape index (κ3) is 2.13. The topological polar surface area (TPSA) is 43.0 Å². The van der Waals surface area contributed by atoms with Crippen molar-refractivity contribution in [3.8, 4) is 11.1 Å². The van der Waals surface area contributed by atoms with Gasteiger partial charge < -0.3 is 9.73 Å². The van der Waals surface area contributed by atoms with Gasteiger partial charge in [-0.2, -0.15) is 5.10 Å². The fourth-order valence-electron chi connectivity index (χ4n) is 2.10. The van der Waals surface area contributed by atoms with E-state index >= 15 is 0 Å². The average Bonchev–Trinajstić information content (AvgIpc) is 2.82. The lowest BCUT2D eigenvalue weighted by Crippen LogP contribution is -2.11. The molecule has 0 aliphatic carbocycles. The molecule has 2 aromatic heterocycles. The fraction of sp³-hybridized carbons (Fsp3) is 0.462. The predicted molar refractivity (Wildman–Crippen MR) is 67.8 cm³/mol. The van der Waals surface area contributed by atoms with Crippen LogP contribution >= 0.6 is 0 Å². The zero-order valence-electron chi connectivity index (χ0n) is 10.9. The normalized spacial score (nSPS) is 11.1. The highest BCUT2D eigenvalue weighted by Gasteiger charge is 2.16. The van der Waals surface area contributed by atoms with Gasteiger partial charge in [-0.1, -0.05) is 6.92 Å². The van der Waals surface area contributed by atoms with Gasteiger partial charge in [-0.15, -0.1) is 0 Å². The van der Waals surface area contributed by atoms with Crippen molar-refractivity contribution in [2.75, 3.05) is 6.54 Å². The van der Waals surface area contributed by atoms with Crippen molar-refractivity contribution < 1.29 is 4.42 Å². The first-order chi connectivity index (χ1) is 8.15. The molecule has 2 rings (SSSR count). The highest BCUT2D eigenvalue weighted by atomic mass is 16.3. The number of nitrogens with zero attached hydrogens (tertiary/aromatic N) is 2. The van der Waals surface area contributed by atoms with Gasteiger partial charge in [0.2, 0.25) is 0 Å². The van der Waals surface area contributed by atoms with E-state index in [1.807, 2.05) is 24.7 Å². The zero-order valence-corrected chi connectivity index (χ0v) is 10.9. The summed E-state index contributed by atoms with van der Waals surface area (Å²) in [5, 5.41) is 7.73. The average molecular weight is 233 g/mol. The molecule has 0 aliphatic rings. The van der Waals surface area contributed by atoms with Crippen LogP contribution in [0.4, 0.5) is 0 Å². The maximum Gasteiger partial charge on any atom is 0.125 e. The molecule has 0 bridgehead atoms. The molecular weight excluding hydrogens is 214 g/mol. The number of hydrogen-bond acceptors (Lipinski definition) is 3. The minimum absolute atomic E-state index is 0.757. The van der Waals surface area contributed by atoms with E-state index < -0.39 is 0 Å². The van der Waals surface area contributed by atoms with Gasteiger partial charge in [0.25, 0.3) is 0 Å². The predicted octanol–water partition coefficient (Wildman–Crippen LogP) is 2.41. The van der Waals surface area contributed by atoms with Crippen molar-refractivity contribution in [3.63, 3.8) is 0 Å². The molecule has 4 heteroatoms. The summed E-state index contributed by atoms with van der Waals surface area (Å²) in [6, 6.07) is 2.02. The Kier molecular flexibility index (Phi) is 3.33. The van der Waals surface area contributed by atoms with E-state index in [0.717, 1.165) is 30.1 Å². The Morgan fingerprint density at radius 3 is 2.76 bits per heavy atom. The molecule has 2 heterocycles. The van der Waals surface area contributed by atoms with Gasteiger partial charge >= 0.3 is 0 Å². The van der Waals surface area contributed by atoms with E-state index in [0.29, 0.717) is 0 Å². The number of aryl methyl sites for hydroxylation is 2. The number of aromatic nitrogens is 2. The molecule has 0 amide bonds. The Morgan fingerprint density at radius 1 is 1.41 bits per heavy atom. The molecular formula is C13H19N3O. The summed E-state index contributed by atoms with van der Waals surface area (Å²) in [7, 11) is 1.97. The molecule has 0 saturated carbocycles. The van der Waals surface area contributed by atoms with Gasteiger partial charge in [0.05, 0.1) is 18.5 Å². The lowest BCUT2D eigenvalue weighted by Gasteiger charge is -2.04. The molecule has 0 aromatic carbocycles. The van der Waals surface area contributed by atoms with E-state index in [-0.39, 0.29) is 0 Å². The first-order valence-electron chi connectivity index (χ1n) is 5.92. The highest BCUT2D eigenvalue weighted by Crippen LogP contribution is 2.30. The van der Waals surface area contributed by atoms with E-state index in [2.05, 4.69) is 24.3 Å². The first kappa shape index (κ1) is 11.9. The highest BCUT2D eigenvalue weighted by molar-refractivity contribution is 5.70. The minimum atomic E-state index is 0.757. The molecule has 0 saturated heterocycles. The maximum atomic E-state index is 5.54. The largest absolute Gasteiger partial charge is 0.467 e. The summed E-state index contributed by atoms with van der Waals surface area (Å²) in [4.78, 5) is 0. The SMILES string of the molecule is CCNCc1occc1-c1c(C)nn(C)c1C. The summed E-state index contributed by atoms with van der Waals surface area (Å²) in [5.74, 6) is 0.978. The van der Waals surface area contributed by atoms with E-state index in [1.165, 1.54) is 11.3 Å². The Labute approximate surface area is 102 Å². The summed E-state index contributed by atoms with van der Waals surface area (Å²) >= 11 is 0. The van der Waals surface area contributed by atoms with Gasteiger partial charge in [-0.25, -0.2) is 0 Å². The Hall–Kier alpha value is -1.55. The van der Waals surface area contributed by atoms with Gasteiger partial charge in [0.15, 0.2) is 0 Å². The van der Waals surface area contributed by atoms with Crippen LogP contribution in [0.15, 0.2) is 16.7 Å². The van der Waals surface area contributed by atoms with Crippen molar-refractivity contribution in [3.05, 3.63) is 29.5 Å². The van der Waals surface area contributed by atoms with Crippen LogP contribution in [0.25, 0.3) is 11.1 Å². The van der Waals surface area contributed by atoms with Crippen LogP contribution in [0, 0.1) is 13.8 Å². The van der Waals surface area contributed by atoms with Crippen molar-refractivity contribution >= 4 is 0 Å². The molecule has 17 heavy (non-hydrogen) atoms. The van der Waals surface area contributed by atoms with Crippen molar-refractivity contribution in [1.82, 2.24) is 15.1 Å². The monoisotopic (exact) mass is 233 g/mol. The van der Waals surface area contributed by atoms with Gasteiger partial charge in [0.1, 0.15) is 5.76 Å². The van der Waals surface area contributed by atoms with E-state index in [9.17, 15) is 0 Å². The second-order valence-electron chi connectivity index (χ2n) is 4.21. The molecule has 0 atom stereocenters. The standard InChI is InChI=1S/C13H19N3O/c1-5-14-8-12-11(6-7-17-12)13-9(2)15-16(4)10(13)3/h6-7,14H,5,8H2,1-4H3. The van der Waals surface area contributed by atoms with E-state index in [4.69, 9.17) is 4.42 Å². The Morgan fingerprint density at radius 2 is 2.18 bits per heavy atom. The van der Waals surface area contributed by atoms with Crippen LogP contribution in [-0.2, 0) is 13.6 Å². The summed E-state index contributed by atoms with van der Waals surface area (Å²) in [6.07, 6.45) is 1.74. The number of hydrogen-bond donors (Lipinski definition) is 1. The Balaban J connectivity index is 2.42.